The number of H-pyrrole nitrogens is 1. The van der Waals surface area contributed by atoms with E-state index in [4.69, 9.17) is 0 Å². The molecule has 4 aromatic rings. The maximum Gasteiger partial charge on any atom is 0.278 e. The molecular weight excluding hydrogens is 344 g/mol. The molecular formula is C15H12N6OS2. The lowest BCUT2D eigenvalue weighted by atomic mass is 10.2. The van der Waals surface area contributed by atoms with Crippen LogP contribution in [-0.4, -0.2) is 30.2 Å². The van der Waals surface area contributed by atoms with Crippen LogP contribution in [0.15, 0.2) is 51.7 Å². The Labute approximate surface area is 144 Å². The van der Waals surface area contributed by atoms with Gasteiger partial charge >= 0.3 is 0 Å². The van der Waals surface area contributed by atoms with Gasteiger partial charge in [-0.2, -0.15) is 4.68 Å². The molecule has 9 heteroatoms. The van der Waals surface area contributed by atoms with E-state index in [0.717, 1.165) is 12.2 Å². The summed E-state index contributed by atoms with van der Waals surface area (Å²) in [7, 11) is 0. The van der Waals surface area contributed by atoms with Gasteiger partial charge in [-0.1, -0.05) is 35.2 Å². The van der Waals surface area contributed by atoms with Crippen LogP contribution in [0.1, 0.15) is 10.7 Å². The van der Waals surface area contributed by atoms with Crippen molar-refractivity contribution in [3.63, 3.8) is 0 Å². The molecule has 0 aliphatic carbocycles. The molecule has 24 heavy (non-hydrogen) atoms. The van der Waals surface area contributed by atoms with E-state index in [9.17, 15) is 4.79 Å². The molecule has 0 fully saturated rings. The topological polar surface area (TPSA) is 89.4 Å². The number of thiophene rings is 1. The number of hydrogen-bond acceptors (Lipinski definition) is 7. The Hall–Kier alpha value is -2.52. The number of fused-ring (bicyclic) bond motifs is 1. The predicted octanol–water partition coefficient (Wildman–Crippen LogP) is 2.31. The van der Waals surface area contributed by atoms with E-state index in [-0.39, 0.29) is 5.56 Å². The maximum absolute atomic E-state index is 12.4. The molecule has 0 aliphatic rings. The lowest BCUT2D eigenvalue weighted by Crippen LogP contribution is -2.23. The largest absolute Gasteiger partial charge is 0.278 e. The van der Waals surface area contributed by atoms with Crippen LogP contribution in [-0.2, 0) is 12.3 Å². The number of aromatic nitrogens is 6. The summed E-state index contributed by atoms with van der Waals surface area (Å²) in [5, 5.41) is 18.3. The molecule has 0 saturated heterocycles. The summed E-state index contributed by atoms with van der Waals surface area (Å²) in [6, 6.07) is 11.2. The summed E-state index contributed by atoms with van der Waals surface area (Å²) in [6.07, 6.45) is 0.723. The Kier molecular flexibility index (Phi) is 4.09. The number of aromatic amines is 1. The van der Waals surface area contributed by atoms with Crippen molar-refractivity contribution in [3.8, 4) is 0 Å². The third-order valence-electron chi connectivity index (χ3n) is 3.38. The van der Waals surface area contributed by atoms with E-state index >= 15 is 0 Å². The van der Waals surface area contributed by atoms with Gasteiger partial charge in [-0.15, -0.1) is 21.5 Å². The first-order valence-corrected chi connectivity index (χ1v) is 9.05. The zero-order chi connectivity index (χ0) is 16.4. The van der Waals surface area contributed by atoms with Gasteiger partial charge in [-0.3, -0.25) is 9.89 Å². The quantitative estimate of drug-likeness (QED) is 0.552. The molecule has 3 heterocycles. The first-order chi connectivity index (χ1) is 11.8. The van der Waals surface area contributed by atoms with E-state index in [1.165, 1.54) is 21.3 Å². The lowest BCUT2D eigenvalue weighted by molar-refractivity contribution is 0.644. The van der Waals surface area contributed by atoms with Crippen LogP contribution in [0.4, 0.5) is 0 Å². The molecule has 1 N–H and O–H groups in total. The summed E-state index contributed by atoms with van der Waals surface area (Å²) in [4.78, 5) is 18.0. The maximum atomic E-state index is 12.4. The van der Waals surface area contributed by atoms with Crippen molar-refractivity contribution in [2.45, 2.75) is 17.5 Å². The molecule has 0 spiro atoms. The molecule has 0 amide bonds. The van der Waals surface area contributed by atoms with E-state index < -0.39 is 0 Å². The zero-order valence-corrected chi connectivity index (χ0v) is 14.0. The fraction of sp³-hybridized carbons (Fsp3) is 0.133. The molecule has 1 aromatic carbocycles. The van der Waals surface area contributed by atoms with Crippen molar-refractivity contribution in [2.75, 3.05) is 0 Å². The van der Waals surface area contributed by atoms with Crippen LogP contribution in [0.2, 0.25) is 0 Å². The number of nitrogens with one attached hydrogen (secondary N) is 1. The molecule has 0 bridgehead atoms. The number of nitrogens with zero attached hydrogens (tertiary/aromatic N) is 5. The SMILES string of the molecule is O=c1c2ccccc2nnn1CSc1n[nH]c(Cc2cccs2)n1. The second kappa shape index (κ2) is 6.54. The molecule has 0 saturated carbocycles. The van der Waals surface area contributed by atoms with Crippen molar-refractivity contribution in [1.82, 2.24) is 30.2 Å². The van der Waals surface area contributed by atoms with E-state index in [1.807, 2.05) is 23.6 Å². The molecule has 4 rings (SSSR count). The second-order valence-corrected chi connectivity index (χ2v) is 6.95. The van der Waals surface area contributed by atoms with E-state index in [1.54, 1.807) is 23.5 Å². The minimum Gasteiger partial charge on any atom is -0.267 e. The smallest absolute Gasteiger partial charge is 0.267 e. The third-order valence-corrected chi connectivity index (χ3v) is 5.07. The van der Waals surface area contributed by atoms with E-state index in [0.29, 0.717) is 21.9 Å². The number of thioether (sulfide) groups is 1. The van der Waals surface area contributed by atoms with Gasteiger partial charge in [-0.25, -0.2) is 4.98 Å². The van der Waals surface area contributed by atoms with Crippen LogP contribution in [0.3, 0.4) is 0 Å². The third kappa shape index (κ3) is 3.08. The van der Waals surface area contributed by atoms with Crippen LogP contribution >= 0.6 is 23.1 Å². The summed E-state index contributed by atoms with van der Waals surface area (Å²) >= 11 is 3.02. The monoisotopic (exact) mass is 356 g/mol. The van der Waals surface area contributed by atoms with Crippen molar-refractivity contribution < 1.29 is 0 Å². The van der Waals surface area contributed by atoms with Gasteiger partial charge in [0.05, 0.1) is 11.3 Å². The van der Waals surface area contributed by atoms with Gasteiger partial charge in [0.25, 0.3) is 5.56 Å². The van der Waals surface area contributed by atoms with Gasteiger partial charge in [-0.05, 0) is 23.6 Å². The molecule has 0 aliphatic heterocycles. The van der Waals surface area contributed by atoms with Crippen LogP contribution < -0.4 is 5.56 Å². The van der Waals surface area contributed by atoms with Crippen LogP contribution in [0.5, 0.6) is 0 Å². The average Bonchev–Trinajstić information content (AvgIpc) is 3.27. The number of benzene rings is 1. The Bertz CT molecular complexity index is 1020. The second-order valence-electron chi connectivity index (χ2n) is 5.01. The van der Waals surface area contributed by atoms with Gasteiger partial charge in [0.1, 0.15) is 11.3 Å². The average molecular weight is 356 g/mol. The molecule has 0 radical (unpaired) electrons. The van der Waals surface area contributed by atoms with Crippen molar-refractivity contribution in [1.29, 1.82) is 0 Å². The Balaban J connectivity index is 1.48. The Morgan fingerprint density at radius 3 is 3.00 bits per heavy atom. The van der Waals surface area contributed by atoms with Gasteiger partial charge in [0, 0.05) is 11.3 Å². The summed E-state index contributed by atoms with van der Waals surface area (Å²) in [5.74, 6) is 1.12. The lowest BCUT2D eigenvalue weighted by Gasteiger charge is -2.02. The Morgan fingerprint density at radius 1 is 1.21 bits per heavy atom. The first kappa shape index (κ1) is 15.0. The summed E-state index contributed by atoms with van der Waals surface area (Å²) in [6.45, 7) is 0. The Morgan fingerprint density at radius 2 is 2.12 bits per heavy atom. The standard InChI is InChI=1S/C15H12N6OS2/c22-14-11-5-1-2-6-12(11)17-20-21(14)9-24-15-16-13(18-19-15)8-10-4-3-7-23-10/h1-7H,8-9H2,(H,16,18,19). The van der Waals surface area contributed by atoms with Crippen molar-refractivity contribution in [3.05, 3.63) is 62.8 Å². The highest BCUT2D eigenvalue weighted by Crippen LogP contribution is 2.17. The van der Waals surface area contributed by atoms with Gasteiger partial charge in [0.15, 0.2) is 0 Å². The minimum absolute atomic E-state index is 0.164. The number of rotatable bonds is 5. The van der Waals surface area contributed by atoms with Gasteiger partial charge < -0.3 is 0 Å². The molecule has 120 valence electrons. The predicted molar refractivity (Wildman–Crippen MR) is 93.2 cm³/mol. The normalized spacial score (nSPS) is 11.2. The highest BCUT2D eigenvalue weighted by molar-refractivity contribution is 7.98. The van der Waals surface area contributed by atoms with E-state index in [2.05, 4.69) is 31.6 Å². The zero-order valence-electron chi connectivity index (χ0n) is 12.4. The first-order valence-electron chi connectivity index (χ1n) is 7.18. The van der Waals surface area contributed by atoms with Gasteiger partial charge in [0.2, 0.25) is 5.16 Å². The summed E-state index contributed by atoms with van der Waals surface area (Å²) in [5.41, 5.74) is 0.433. The fourth-order valence-corrected chi connectivity index (χ4v) is 3.63. The molecule has 0 unspecified atom stereocenters. The number of hydrogen-bond donors (Lipinski definition) is 1. The minimum atomic E-state index is -0.164. The fourth-order valence-electron chi connectivity index (χ4n) is 2.23. The molecule has 7 nitrogen and oxygen atoms in total. The molecule has 3 aromatic heterocycles. The van der Waals surface area contributed by atoms with Crippen molar-refractivity contribution in [2.24, 2.45) is 0 Å². The van der Waals surface area contributed by atoms with Crippen LogP contribution in [0, 0.1) is 0 Å². The van der Waals surface area contributed by atoms with Crippen molar-refractivity contribution >= 4 is 34.0 Å². The highest BCUT2D eigenvalue weighted by Gasteiger charge is 2.09. The molecule has 0 atom stereocenters. The summed E-state index contributed by atoms with van der Waals surface area (Å²) < 4.78 is 1.32. The van der Waals surface area contributed by atoms with Crippen LogP contribution in [0.25, 0.3) is 10.9 Å². The highest BCUT2D eigenvalue weighted by atomic mass is 32.2.